The maximum Gasteiger partial charge on any atom is 0.183 e. The van der Waals surface area contributed by atoms with Crippen LogP contribution in [0.3, 0.4) is 0 Å². The number of nitrogens with zero attached hydrogens (tertiary/aromatic N) is 2. The van der Waals surface area contributed by atoms with E-state index < -0.39 is 0 Å². The van der Waals surface area contributed by atoms with Crippen molar-refractivity contribution in [2.45, 2.75) is 31.9 Å². The van der Waals surface area contributed by atoms with Crippen LogP contribution in [-0.2, 0) is 0 Å². The summed E-state index contributed by atoms with van der Waals surface area (Å²) in [5, 5.41) is 14.0. The van der Waals surface area contributed by atoms with E-state index in [2.05, 4.69) is 27.3 Å². The summed E-state index contributed by atoms with van der Waals surface area (Å²) in [5.41, 5.74) is 3.07. The van der Waals surface area contributed by atoms with Gasteiger partial charge in [-0.1, -0.05) is 41.7 Å². The van der Waals surface area contributed by atoms with Gasteiger partial charge in [0, 0.05) is 30.5 Å². The second kappa shape index (κ2) is 8.29. The van der Waals surface area contributed by atoms with Gasteiger partial charge in [0.05, 0.1) is 17.0 Å². The minimum atomic E-state index is -0.242. The Labute approximate surface area is 168 Å². The molecule has 1 fully saturated rings. The van der Waals surface area contributed by atoms with Crippen LogP contribution in [0.1, 0.15) is 31.4 Å². The highest BCUT2D eigenvalue weighted by Crippen LogP contribution is 2.34. The first kappa shape index (κ1) is 18.9. The number of aliphatic hydroxyl groups excluding tert-OH is 1. The number of aliphatic hydroxyl groups is 1. The fourth-order valence-electron chi connectivity index (χ4n) is 3.61. The van der Waals surface area contributed by atoms with Crippen molar-refractivity contribution < 1.29 is 9.50 Å². The van der Waals surface area contributed by atoms with Gasteiger partial charge in [0.2, 0.25) is 0 Å². The number of halogens is 1. The predicted molar refractivity (Wildman–Crippen MR) is 113 cm³/mol. The van der Waals surface area contributed by atoms with Crippen molar-refractivity contribution in [3.8, 4) is 10.4 Å². The van der Waals surface area contributed by atoms with Crippen LogP contribution >= 0.6 is 11.3 Å². The summed E-state index contributed by atoms with van der Waals surface area (Å²) in [6, 6.07) is 15.0. The number of thiazole rings is 1. The third kappa shape index (κ3) is 4.18. The third-order valence-electron chi connectivity index (χ3n) is 5.17. The van der Waals surface area contributed by atoms with Gasteiger partial charge in [-0.2, -0.15) is 0 Å². The van der Waals surface area contributed by atoms with Crippen LogP contribution in [0.15, 0.2) is 54.7 Å². The fraction of sp³-hybridized carbons (Fsp3) is 0.318. The van der Waals surface area contributed by atoms with Gasteiger partial charge >= 0.3 is 0 Å². The van der Waals surface area contributed by atoms with Crippen LogP contribution in [-0.4, -0.2) is 29.3 Å². The molecule has 4 nitrogen and oxygen atoms in total. The van der Waals surface area contributed by atoms with Crippen LogP contribution in [0, 0.1) is 5.82 Å². The maximum absolute atomic E-state index is 14.0. The van der Waals surface area contributed by atoms with E-state index in [0.29, 0.717) is 0 Å². The first-order chi connectivity index (χ1) is 13.6. The van der Waals surface area contributed by atoms with Crippen molar-refractivity contribution in [1.82, 2.24) is 4.98 Å². The molecule has 0 spiro atoms. The Morgan fingerprint density at radius 2 is 1.93 bits per heavy atom. The van der Waals surface area contributed by atoms with Crippen molar-refractivity contribution in [1.29, 1.82) is 0 Å². The zero-order valence-electron chi connectivity index (χ0n) is 15.8. The van der Waals surface area contributed by atoms with E-state index in [9.17, 15) is 9.50 Å². The second-order valence-corrected chi connectivity index (χ2v) is 8.21. The molecule has 2 heterocycles. The van der Waals surface area contributed by atoms with Gasteiger partial charge in [-0.05, 0) is 43.5 Å². The van der Waals surface area contributed by atoms with Crippen molar-refractivity contribution in [2.24, 2.45) is 0 Å². The second-order valence-electron chi connectivity index (χ2n) is 7.18. The van der Waals surface area contributed by atoms with Crippen LogP contribution in [0.5, 0.6) is 0 Å². The van der Waals surface area contributed by atoms with Crippen LogP contribution in [0.25, 0.3) is 10.4 Å². The molecule has 1 atom stereocenters. The van der Waals surface area contributed by atoms with Gasteiger partial charge in [0.25, 0.3) is 0 Å². The molecule has 146 valence electrons. The Kier molecular flexibility index (Phi) is 5.59. The Hall–Kier alpha value is -2.44. The molecular weight excluding hydrogens is 373 g/mol. The molecule has 4 rings (SSSR count). The van der Waals surface area contributed by atoms with Crippen molar-refractivity contribution in [2.75, 3.05) is 23.3 Å². The lowest BCUT2D eigenvalue weighted by atomic mass is 10.0. The number of benzene rings is 2. The largest absolute Gasteiger partial charge is 0.393 e. The molecule has 2 N–H and O–H groups in total. The Morgan fingerprint density at radius 3 is 2.68 bits per heavy atom. The smallest absolute Gasteiger partial charge is 0.183 e. The van der Waals surface area contributed by atoms with Crippen molar-refractivity contribution in [3.63, 3.8) is 0 Å². The highest BCUT2D eigenvalue weighted by atomic mass is 32.1. The van der Waals surface area contributed by atoms with Gasteiger partial charge in [-0.15, -0.1) is 0 Å². The minimum Gasteiger partial charge on any atom is -0.393 e. The fourth-order valence-corrected chi connectivity index (χ4v) is 4.52. The average molecular weight is 398 g/mol. The van der Waals surface area contributed by atoms with Gasteiger partial charge < -0.3 is 15.3 Å². The third-order valence-corrected chi connectivity index (χ3v) is 6.14. The molecule has 1 saturated heterocycles. The van der Waals surface area contributed by atoms with E-state index in [1.54, 1.807) is 17.4 Å². The van der Waals surface area contributed by atoms with E-state index in [0.717, 1.165) is 52.8 Å². The predicted octanol–water partition coefficient (Wildman–Crippen LogP) is 5.08. The monoisotopic (exact) mass is 397 g/mol. The summed E-state index contributed by atoms with van der Waals surface area (Å²) < 4.78 is 14.0. The quantitative estimate of drug-likeness (QED) is 0.630. The summed E-state index contributed by atoms with van der Waals surface area (Å²) in [4.78, 5) is 7.83. The highest BCUT2D eigenvalue weighted by molar-refractivity contribution is 7.18. The van der Waals surface area contributed by atoms with E-state index in [4.69, 9.17) is 0 Å². The maximum atomic E-state index is 14.0. The Balaban J connectivity index is 1.54. The number of piperidine rings is 1. The summed E-state index contributed by atoms with van der Waals surface area (Å²) in [5.74, 6) is -0.242. The normalized spacial score (nSPS) is 16.2. The first-order valence-corrected chi connectivity index (χ1v) is 10.4. The zero-order valence-corrected chi connectivity index (χ0v) is 16.6. The summed E-state index contributed by atoms with van der Waals surface area (Å²) in [7, 11) is 0. The van der Waals surface area contributed by atoms with Crippen molar-refractivity contribution in [3.05, 3.63) is 66.1 Å². The molecule has 0 saturated carbocycles. The lowest BCUT2D eigenvalue weighted by Gasteiger charge is -2.34. The zero-order chi connectivity index (χ0) is 19.5. The number of hydrogen-bond acceptors (Lipinski definition) is 5. The molecule has 0 amide bonds. The molecule has 1 aliphatic rings. The first-order valence-electron chi connectivity index (χ1n) is 9.60. The number of hydrogen-bond donors (Lipinski definition) is 2. The lowest BCUT2D eigenvalue weighted by molar-refractivity contribution is 0.145. The lowest BCUT2D eigenvalue weighted by Crippen LogP contribution is -2.36. The molecule has 1 aromatic heterocycles. The summed E-state index contributed by atoms with van der Waals surface area (Å²) in [6.07, 6.45) is 3.12. The topological polar surface area (TPSA) is 48.4 Å². The molecule has 1 aliphatic heterocycles. The Bertz CT molecular complexity index is 923. The molecule has 6 heteroatoms. The molecule has 0 bridgehead atoms. The van der Waals surface area contributed by atoms with E-state index in [1.165, 1.54) is 6.07 Å². The standard InChI is InChI=1S/C22H24FN3OS/c1-15(25-22-24-14-21(28-22)16-5-3-2-4-6-16)19-13-17(23)7-8-20(19)26-11-9-18(27)10-12-26/h2-8,13-15,18,27H,9-12H2,1H3,(H,24,25). The van der Waals surface area contributed by atoms with E-state index in [-0.39, 0.29) is 18.0 Å². The van der Waals surface area contributed by atoms with Gasteiger partial charge in [0.15, 0.2) is 5.13 Å². The van der Waals surface area contributed by atoms with Gasteiger partial charge in [0.1, 0.15) is 5.82 Å². The van der Waals surface area contributed by atoms with Crippen LogP contribution < -0.4 is 10.2 Å². The highest BCUT2D eigenvalue weighted by Gasteiger charge is 2.22. The molecular formula is C22H24FN3OS. The van der Waals surface area contributed by atoms with Crippen LogP contribution in [0.4, 0.5) is 15.2 Å². The summed E-state index contributed by atoms with van der Waals surface area (Å²) >= 11 is 1.59. The number of anilines is 2. The average Bonchev–Trinajstić information content (AvgIpc) is 3.18. The summed E-state index contributed by atoms with van der Waals surface area (Å²) in [6.45, 7) is 3.59. The minimum absolute atomic E-state index is 0.0904. The van der Waals surface area contributed by atoms with E-state index >= 15 is 0 Å². The van der Waals surface area contributed by atoms with Gasteiger partial charge in [-0.25, -0.2) is 9.37 Å². The molecule has 0 aliphatic carbocycles. The molecule has 3 aromatic rings. The van der Waals surface area contributed by atoms with E-state index in [1.807, 2.05) is 37.4 Å². The number of aromatic nitrogens is 1. The van der Waals surface area contributed by atoms with Crippen molar-refractivity contribution >= 4 is 22.2 Å². The molecule has 2 aromatic carbocycles. The molecule has 1 unspecified atom stereocenters. The SMILES string of the molecule is CC(Nc1ncc(-c2ccccc2)s1)c1cc(F)ccc1N1CCC(O)CC1. The number of rotatable bonds is 5. The molecule has 28 heavy (non-hydrogen) atoms. The van der Waals surface area contributed by atoms with Crippen LogP contribution in [0.2, 0.25) is 0 Å². The van der Waals surface area contributed by atoms with Gasteiger partial charge in [-0.3, -0.25) is 0 Å². The Morgan fingerprint density at radius 1 is 1.18 bits per heavy atom. The molecule has 0 radical (unpaired) electrons. The number of nitrogens with one attached hydrogen (secondary N) is 1.